The molecule has 0 saturated heterocycles. The number of benzene rings is 1. The molecule has 0 aliphatic heterocycles. The van der Waals surface area contributed by atoms with Gasteiger partial charge in [0.2, 0.25) is 17.7 Å². The van der Waals surface area contributed by atoms with Crippen molar-refractivity contribution in [2.24, 2.45) is 11.5 Å². The van der Waals surface area contributed by atoms with Crippen molar-refractivity contribution in [3.8, 4) is 5.75 Å². The van der Waals surface area contributed by atoms with Crippen LogP contribution in [-0.2, 0) is 32.0 Å². The maximum Gasteiger partial charge on any atom is 0.326 e. The molecular weight excluding hydrogens is 510 g/mol. The van der Waals surface area contributed by atoms with Gasteiger partial charge in [0.1, 0.15) is 23.9 Å². The fourth-order valence-corrected chi connectivity index (χ4v) is 3.75. The third-order valence-electron chi connectivity index (χ3n) is 5.96. The molecule has 1 heterocycles. The van der Waals surface area contributed by atoms with E-state index in [0.29, 0.717) is 30.6 Å². The second kappa shape index (κ2) is 15.4. The van der Waals surface area contributed by atoms with Gasteiger partial charge >= 0.3 is 5.97 Å². The van der Waals surface area contributed by atoms with E-state index in [0.717, 1.165) is 0 Å². The molecule has 214 valence electrons. The minimum atomic E-state index is -1.46. The minimum Gasteiger partial charge on any atom is -0.508 e. The summed E-state index contributed by atoms with van der Waals surface area (Å²) in [5.74, 6) is -3.60. The number of aromatic amines is 1. The molecule has 5 atom stereocenters. The molecule has 2 aromatic rings. The molecule has 1 aromatic carbocycles. The zero-order valence-corrected chi connectivity index (χ0v) is 21.7. The second-order valence-corrected chi connectivity index (χ2v) is 9.23. The van der Waals surface area contributed by atoms with Crippen molar-refractivity contribution in [3.63, 3.8) is 0 Å². The van der Waals surface area contributed by atoms with Crippen LogP contribution in [-0.4, -0.2) is 85.8 Å². The standard InChI is InChI=1S/C25H37N7O7/c1-14(33)21(32-22(35)18(27)11-16-12-28-13-29-16)24(37)31-20(10-15-5-7-17(34)8-6-15)23(36)30-19(25(38)39)4-2-3-9-26/h5-8,12-14,18-21,33-34H,2-4,9-11,26-27H2,1H3,(H,28,29)(H,30,36)(H,31,37)(H,32,35)(H,38,39). The first kappa shape index (κ1) is 31.2. The third kappa shape index (κ3) is 10.3. The molecule has 3 amide bonds. The highest BCUT2D eigenvalue weighted by molar-refractivity contribution is 5.94. The quantitative estimate of drug-likeness (QED) is 0.108. The van der Waals surface area contributed by atoms with Gasteiger partial charge in [0.15, 0.2) is 0 Å². The predicted molar refractivity (Wildman–Crippen MR) is 140 cm³/mol. The first-order valence-corrected chi connectivity index (χ1v) is 12.5. The highest BCUT2D eigenvalue weighted by atomic mass is 16.4. The Balaban J connectivity index is 2.18. The molecule has 0 saturated carbocycles. The van der Waals surface area contributed by atoms with Gasteiger partial charge in [-0.05, 0) is 50.4 Å². The van der Waals surface area contributed by atoms with Crippen LogP contribution in [0.15, 0.2) is 36.8 Å². The van der Waals surface area contributed by atoms with Gasteiger partial charge in [-0.15, -0.1) is 0 Å². The summed E-state index contributed by atoms with van der Waals surface area (Å²) in [4.78, 5) is 57.3. The SMILES string of the molecule is CC(O)C(NC(=O)C(N)Cc1cnc[nH]1)C(=O)NC(Cc1ccc(O)cc1)C(=O)NC(CCCCN)C(=O)O. The average Bonchev–Trinajstić information content (AvgIpc) is 3.40. The molecule has 2 rings (SSSR count). The zero-order valence-electron chi connectivity index (χ0n) is 21.7. The number of aromatic hydroxyl groups is 1. The number of phenolic OH excluding ortho intramolecular Hbond substituents is 1. The molecule has 1 aromatic heterocycles. The van der Waals surface area contributed by atoms with Crippen LogP contribution in [0.1, 0.15) is 37.4 Å². The minimum absolute atomic E-state index is 0.00187. The van der Waals surface area contributed by atoms with Crippen molar-refractivity contribution in [3.05, 3.63) is 48.0 Å². The lowest BCUT2D eigenvalue weighted by molar-refractivity contribution is -0.142. The Morgan fingerprint density at radius 3 is 2.21 bits per heavy atom. The third-order valence-corrected chi connectivity index (χ3v) is 5.96. The molecule has 11 N–H and O–H groups in total. The molecule has 0 spiro atoms. The molecule has 39 heavy (non-hydrogen) atoms. The van der Waals surface area contributed by atoms with E-state index in [1.54, 1.807) is 12.1 Å². The number of phenols is 1. The van der Waals surface area contributed by atoms with Gasteiger partial charge in [0, 0.05) is 24.7 Å². The number of aliphatic hydroxyl groups excluding tert-OH is 1. The van der Waals surface area contributed by atoms with Gasteiger partial charge in [0.05, 0.1) is 18.5 Å². The molecule has 0 bridgehead atoms. The van der Waals surface area contributed by atoms with E-state index >= 15 is 0 Å². The van der Waals surface area contributed by atoms with E-state index in [1.165, 1.54) is 31.6 Å². The number of nitrogens with zero attached hydrogens (tertiary/aromatic N) is 1. The van der Waals surface area contributed by atoms with E-state index in [-0.39, 0.29) is 25.0 Å². The van der Waals surface area contributed by atoms with E-state index < -0.39 is 54.0 Å². The summed E-state index contributed by atoms with van der Waals surface area (Å²) in [6.07, 6.45) is 2.80. The smallest absolute Gasteiger partial charge is 0.326 e. The molecule has 14 heteroatoms. The topological polar surface area (TPSA) is 246 Å². The number of unbranched alkanes of at least 4 members (excludes halogenated alkanes) is 1. The van der Waals surface area contributed by atoms with Crippen LogP contribution in [0.3, 0.4) is 0 Å². The van der Waals surface area contributed by atoms with Crippen LogP contribution >= 0.6 is 0 Å². The van der Waals surface area contributed by atoms with Crippen molar-refractivity contribution >= 4 is 23.7 Å². The predicted octanol–water partition coefficient (Wildman–Crippen LogP) is -1.72. The summed E-state index contributed by atoms with van der Waals surface area (Å²) in [5, 5.41) is 36.7. The number of aromatic nitrogens is 2. The molecular formula is C25H37N7O7. The van der Waals surface area contributed by atoms with Gasteiger partial charge in [0.25, 0.3) is 0 Å². The molecule has 0 fully saturated rings. The number of nitrogens with one attached hydrogen (secondary N) is 4. The highest BCUT2D eigenvalue weighted by Crippen LogP contribution is 2.12. The molecule has 0 aliphatic carbocycles. The average molecular weight is 548 g/mol. The maximum absolute atomic E-state index is 13.2. The second-order valence-electron chi connectivity index (χ2n) is 9.23. The number of rotatable bonds is 16. The monoisotopic (exact) mass is 547 g/mol. The first-order chi connectivity index (χ1) is 18.5. The van der Waals surface area contributed by atoms with Crippen molar-refractivity contribution in [2.45, 2.75) is 69.3 Å². The van der Waals surface area contributed by atoms with Crippen molar-refractivity contribution < 1.29 is 34.5 Å². The van der Waals surface area contributed by atoms with Gasteiger partial charge in [-0.25, -0.2) is 9.78 Å². The van der Waals surface area contributed by atoms with Gasteiger partial charge in [-0.2, -0.15) is 0 Å². The normalized spacial score (nSPS) is 14.9. The highest BCUT2D eigenvalue weighted by Gasteiger charge is 2.32. The van der Waals surface area contributed by atoms with E-state index in [2.05, 4.69) is 25.9 Å². The van der Waals surface area contributed by atoms with Gasteiger partial charge < -0.3 is 47.7 Å². The number of H-pyrrole nitrogens is 1. The summed E-state index contributed by atoms with van der Waals surface area (Å²) >= 11 is 0. The number of aliphatic carboxylic acids is 1. The van der Waals surface area contributed by atoms with E-state index in [9.17, 15) is 34.5 Å². The summed E-state index contributed by atoms with van der Waals surface area (Å²) in [6, 6.07) is 0.893. The van der Waals surface area contributed by atoms with Crippen LogP contribution < -0.4 is 27.4 Å². The number of nitrogens with two attached hydrogens (primary N) is 2. The van der Waals surface area contributed by atoms with Crippen LogP contribution in [0, 0.1) is 0 Å². The number of carboxylic acids is 1. The summed E-state index contributed by atoms with van der Waals surface area (Å²) < 4.78 is 0. The van der Waals surface area contributed by atoms with Crippen LogP contribution in [0.4, 0.5) is 0 Å². The van der Waals surface area contributed by atoms with Crippen molar-refractivity contribution in [2.75, 3.05) is 6.54 Å². The number of imidazole rings is 1. The number of amides is 3. The van der Waals surface area contributed by atoms with Crippen LogP contribution in [0.5, 0.6) is 5.75 Å². The number of hydrogen-bond donors (Lipinski definition) is 9. The zero-order chi connectivity index (χ0) is 28.9. The number of hydrogen-bond acceptors (Lipinski definition) is 9. The summed E-state index contributed by atoms with van der Waals surface area (Å²) in [7, 11) is 0. The fourth-order valence-electron chi connectivity index (χ4n) is 3.75. The Hall–Kier alpha value is -4.01. The Labute approximate surface area is 225 Å². The lowest BCUT2D eigenvalue weighted by atomic mass is 10.0. The Morgan fingerprint density at radius 2 is 1.64 bits per heavy atom. The number of carboxylic acid groups (broad SMARTS) is 1. The number of aliphatic hydroxyl groups is 1. The number of carbonyl (C=O) groups excluding carboxylic acids is 3. The first-order valence-electron chi connectivity index (χ1n) is 12.5. The van der Waals surface area contributed by atoms with E-state index in [4.69, 9.17) is 11.5 Å². The fraction of sp³-hybridized carbons (Fsp3) is 0.480. The largest absolute Gasteiger partial charge is 0.508 e. The Kier molecular flexibility index (Phi) is 12.3. The molecule has 14 nitrogen and oxygen atoms in total. The number of carbonyl (C=O) groups is 4. The van der Waals surface area contributed by atoms with Crippen molar-refractivity contribution in [1.29, 1.82) is 0 Å². The Bertz CT molecular complexity index is 1080. The molecule has 5 unspecified atom stereocenters. The maximum atomic E-state index is 13.2. The van der Waals surface area contributed by atoms with Crippen LogP contribution in [0.25, 0.3) is 0 Å². The summed E-state index contributed by atoms with van der Waals surface area (Å²) in [6.45, 7) is 1.66. The molecule has 0 radical (unpaired) electrons. The summed E-state index contributed by atoms with van der Waals surface area (Å²) in [5.41, 5.74) is 12.6. The van der Waals surface area contributed by atoms with Crippen LogP contribution in [0.2, 0.25) is 0 Å². The van der Waals surface area contributed by atoms with Crippen molar-refractivity contribution in [1.82, 2.24) is 25.9 Å². The Morgan fingerprint density at radius 1 is 0.974 bits per heavy atom. The van der Waals surface area contributed by atoms with E-state index in [1.807, 2.05) is 0 Å². The lowest BCUT2D eigenvalue weighted by Gasteiger charge is -2.26. The lowest BCUT2D eigenvalue weighted by Crippen LogP contribution is -2.60. The van der Waals surface area contributed by atoms with Gasteiger partial charge in [-0.1, -0.05) is 12.1 Å². The molecule has 0 aliphatic rings. The van der Waals surface area contributed by atoms with Gasteiger partial charge in [-0.3, -0.25) is 14.4 Å².